The van der Waals surface area contributed by atoms with Crippen LogP contribution in [0.5, 0.6) is 0 Å². The molecule has 0 amide bonds. The van der Waals surface area contributed by atoms with E-state index in [-0.39, 0.29) is 12.1 Å². The van der Waals surface area contributed by atoms with Crippen molar-refractivity contribution < 1.29 is 14.0 Å². The van der Waals surface area contributed by atoms with Crippen LogP contribution >= 0.6 is 0 Å². The normalized spacial score (nSPS) is 13.8. The lowest BCUT2D eigenvalue weighted by molar-refractivity contribution is -0.159. The van der Waals surface area contributed by atoms with Gasteiger partial charge in [-0.1, -0.05) is 6.58 Å². The molecule has 13 heavy (non-hydrogen) atoms. The van der Waals surface area contributed by atoms with Gasteiger partial charge in [0.05, 0.1) is 6.10 Å². The van der Waals surface area contributed by atoms with Crippen LogP contribution in [0.3, 0.4) is 0 Å². The molecule has 0 saturated carbocycles. The summed E-state index contributed by atoms with van der Waals surface area (Å²) >= 11 is 0. The van der Waals surface area contributed by atoms with Crippen LogP contribution in [-0.2, 0) is 14.0 Å². The van der Waals surface area contributed by atoms with Crippen molar-refractivity contribution >= 4 is 16.5 Å². The standard InChI is InChI=1S/C9H18O3Si/c1-6(2)8(10)11-9(4,5)7(3)12-13/h7H,1H2,2-5,13H3. The molecule has 0 aromatic carbocycles. The molecule has 0 N–H and O–H groups in total. The molecule has 0 spiro atoms. The molecule has 76 valence electrons. The van der Waals surface area contributed by atoms with Crippen molar-refractivity contribution in [2.75, 3.05) is 0 Å². The van der Waals surface area contributed by atoms with Crippen LogP contribution in [-0.4, -0.2) is 28.2 Å². The third kappa shape index (κ3) is 3.74. The van der Waals surface area contributed by atoms with Gasteiger partial charge in [-0.3, -0.25) is 0 Å². The first-order chi connectivity index (χ1) is 5.81. The summed E-state index contributed by atoms with van der Waals surface area (Å²) in [5, 5.41) is 0. The van der Waals surface area contributed by atoms with E-state index in [0.29, 0.717) is 16.1 Å². The van der Waals surface area contributed by atoms with Crippen LogP contribution in [0.1, 0.15) is 27.7 Å². The number of hydrogen-bond donors (Lipinski definition) is 0. The summed E-state index contributed by atoms with van der Waals surface area (Å²) in [7, 11) is 0.637. The second kappa shape index (κ2) is 4.57. The SMILES string of the molecule is C=C(C)C(=O)OC(C)(C)C(C)O[SiH3]. The zero-order chi connectivity index (χ0) is 10.6. The van der Waals surface area contributed by atoms with E-state index >= 15 is 0 Å². The maximum Gasteiger partial charge on any atom is 0.333 e. The van der Waals surface area contributed by atoms with Gasteiger partial charge in [0.15, 0.2) is 0 Å². The number of carbonyl (C=O) groups is 1. The first kappa shape index (κ1) is 12.4. The monoisotopic (exact) mass is 202 g/mol. The Morgan fingerprint density at radius 3 is 2.31 bits per heavy atom. The Kier molecular flexibility index (Phi) is 4.36. The summed E-state index contributed by atoms with van der Waals surface area (Å²) < 4.78 is 10.4. The predicted octanol–water partition coefficient (Wildman–Crippen LogP) is 0.570. The summed E-state index contributed by atoms with van der Waals surface area (Å²) in [6, 6.07) is 0. The number of hydrogen-bond acceptors (Lipinski definition) is 3. The average Bonchev–Trinajstić information content (AvgIpc) is 2.01. The first-order valence-corrected chi connectivity index (χ1v) is 5.04. The van der Waals surface area contributed by atoms with E-state index in [1.165, 1.54) is 0 Å². The topological polar surface area (TPSA) is 35.5 Å². The predicted molar refractivity (Wildman–Crippen MR) is 55.5 cm³/mol. The molecule has 0 aromatic heterocycles. The van der Waals surface area contributed by atoms with Gasteiger partial charge in [-0.2, -0.15) is 0 Å². The summed E-state index contributed by atoms with van der Waals surface area (Å²) in [5.74, 6) is -0.365. The van der Waals surface area contributed by atoms with Gasteiger partial charge in [0.1, 0.15) is 16.1 Å². The minimum atomic E-state index is -0.586. The molecule has 0 radical (unpaired) electrons. The van der Waals surface area contributed by atoms with Crippen molar-refractivity contribution in [3.05, 3.63) is 12.2 Å². The van der Waals surface area contributed by atoms with Gasteiger partial charge in [-0.05, 0) is 27.7 Å². The van der Waals surface area contributed by atoms with Gasteiger partial charge >= 0.3 is 5.97 Å². The Hall–Kier alpha value is -0.613. The first-order valence-electron chi connectivity index (χ1n) is 4.23. The van der Waals surface area contributed by atoms with E-state index in [1.54, 1.807) is 6.92 Å². The van der Waals surface area contributed by atoms with Gasteiger partial charge in [0, 0.05) is 5.57 Å². The average molecular weight is 202 g/mol. The molecule has 4 heteroatoms. The van der Waals surface area contributed by atoms with Gasteiger partial charge < -0.3 is 9.16 Å². The summed E-state index contributed by atoms with van der Waals surface area (Å²) in [6.07, 6.45) is -0.0810. The van der Waals surface area contributed by atoms with Crippen LogP contribution in [0.15, 0.2) is 12.2 Å². The Labute approximate surface area is 82.7 Å². The highest BCUT2D eigenvalue weighted by Crippen LogP contribution is 2.18. The molecular weight excluding hydrogens is 184 g/mol. The Balaban J connectivity index is 4.33. The largest absolute Gasteiger partial charge is 0.454 e. The third-order valence-electron chi connectivity index (χ3n) is 2.04. The van der Waals surface area contributed by atoms with Crippen molar-refractivity contribution in [1.29, 1.82) is 0 Å². The van der Waals surface area contributed by atoms with Crippen molar-refractivity contribution in [3.8, 4) is 0 Å². The molecule has 0 rings (SSSR count). The molecule has 0 saturated heterocycles. The zero-order valence-electron chi connectivity index (χ0n) is 9.01. The lowest BCUT2D eigenvalue weighted by atomic mass is 10.0. The fraction of sp³-hybridized carbons (Fsp3) is 0.667. The smallest absolute Gasteiger partial charge is 0.333 e. The van der Waals surface area contributed by atoms with E-state index in [9.17, 15) is 4.79 Å². The molecule has 0 aromatic rings. The lowest BCUT2D eigenvalue weighted by Crippen LogP contribution is -2.40. The number of esters is 1. The fourth-order valence-electron chi connectivity index (χ4n) is 0.693. The highest BCUT2D eigenvalue weighted by molar-refractivity contribution is 5.98. The minimum absolute atomic E-state index is 0.0810. The zero-order valence-corrected chi connectivity index (χ0v) is 11.0. The molecular formula is C9H18O3Si. The van der Waals surface area contributed by atoms with Gasteiger partial charge in [-0.25, -0.2) is 4.79 Å². The number of ether oxygens (including phenoxy) is 1. The van der Waals surface area contributed by atoms with Crippen LogP contribution < -0.4 is 0 Å². The summed E-state index contributed by atoms with van der Waals surface area (Å²) in [4.78, 5) is 11.2. The van der Waals surface area contributed by atoms with Crippen molar-refractivity contribution in [3.63, 3.8) is 0 Å². The van der Waals surface area contributed by atoms with E-state index < -0.39 is 5.60 Å². The highest BCUT2D eigenvalue weighted by Gasteiger charge is 2.29. The maximum atomic E-state index is 11.2. The number of carbonyl (C=O) groups excluding carboxylic acids is 1. The summed E-state index contributed by atoms with van der Waals surface area (Å²) in [5.41, 5.74) is -0.175. The van der Waals surface area contributed by atoms with E-state index in [1.807, 2.05) is 20.8 Å². The van der Waals surface area contributed by atoms with Gasteiger partial charge in [0.25, 0.3) is 0 Å². The van der Waals surface area contributed by atoms with Gasteiger partial charge in [0.2, 0.25) is 0 Å². The van der Waals surface area contributed by atoms with Crippen LogP contribution in [0.4, 0.5) is 0 Å². The second-order valence-corrected chi connectivity index (χ2v) is 4.12. The lowest BCUT2D eigenvalue weighted by Gasteiger charge is -2.30. The van der Waals surface area contributed by atoms with E-state index in [2.05, 4.69) is 6.58 Å². The van der Waals surface area contributed by atoms with Crippen LogP contribution in [0.25, 0.3) is 0 Å². The molecule has 0 fully saturated rings. The van der Waals surface area contributed by atoms with Crippen molar-refractivity contribution in [1.82, 2.24) is 0 Å². The van der Waals surface area contributed by atoms with Crippen molar-refractivity contribution in [2.45, 2.75) is 39.4 Å². The number of rotatable bonds is 4. The fourth-order valence-corrected chi connectivity index (χ4v) is 1.26. The molecule has 1 atom stereocenters. The maximum absolute atomic E-state index is 11.2. The molecule has 0 bridgehead atoms. The molecule has 0 aliphatic carbocycles. The third-order valence-corrected chi connectivity index (χ3v) is 2.74. The molecule has 1 unspecified atom stereocenters. The van der Waals surface area contributed by atoms with Gasteiger partial charge in [-0.15, -0.1) is 0 Å². The molecule has 0 aliphatic heterocycles. The minimum Gasteiger partial charge on any atom is -0.454 e. The van der Waals surface area contributed by atoms with E-state index in [0.717, 1.165) is 0 Å². The summed E-state index contributed by atoms with van der Waals surface area (Å²) in [6.45, 7) is 10.7. The molecule has 0 heterocycles. The quantitative estimate of drug-likeness (QED) is 0.380. The van der Waals surface area contributed by atoms with Crippen molar-refractivity contribution in [2.24, 2.45) is 0 Å². The Morgan fingerprint density at radius 2 is 2.00 bits per heavy atom. The molecule has 0 aliphatic rings. The Bertz CT molecular complexity index is 211. The second-order valence-electron chi connectivity index (χ2n) is 3.65. The van der Waals surface area contributed by atoms with Crippen LogP contribution in [0, 0.1) is 0 Å². The molecule has 3 nitrogen and oxygen atoms in total. The highest BCUT2D eigenvalue weighted by atomic mass is 28.2. The Morgan fingerprint density at radius 1 is 1.54 bits per heavy atom. The van der Waals surface area contributed by atoms with Crippen LogP contribution in [0.2, 0.25) is 0 Å². The van der Waals surface area contributed by atoms with E-state index in [4.69, 9.17) is 9.16 Å².